The van der Waals surface area contributed by atoms with Crippen LogP contribution in [0.5, 0.6) is 5.75 Å². The predicted octanol–water partition coefficient (Wildman–Crippen LogP) is 3.64. The Balaban J connectivity index is 2.22. The standard InChI is InChI=1S/C16H16O3/c1-11-8-13(9-12(2)19-11)10-16(17)14-4-6-15(18-3)7-5-14/h4-10H,1-3H3. The van der Waals surface area contributed by atoms with Gasteiger partial charge in [0.05, 0.1) is 7.11 Å². The minimum atomic E-state index is -0.0346. The fraction of sp³-hybridized carbons (Fsp3) is 0.188. The fourth-order valence-electron chi connectivity index (χ4n) is 1.90. The van der Waals surface area contributed by atoms with Crippen LogP contribution in [0.4, 0.5) is 0 Å². The van der Waals surface area contributed by atoms with E-state index in [-0.39, 0.29) is 5.78 Å². The lowest BCUT2D eigenvalue weighted by Gasteiger charge is -2.12. The minimum absolute atomic E-state index is 0.0346. The van der Waals surface area contributed by atoms with Gasteiger partial charge in [-0.15, -0.1) is 0 Å². The van der Waals surface area contributed by atoms with Gasteiger partial charge in [0.1, 0.15) is 17.3 Å². The van der Waals surface area contributed by atoms with Gasteiger partial charge >= 0.3 is 0 Å². The molecule has 1 aliphatic heterocycles. The molecule has 0 radical (unpaired) electrons. The molecule has 0 saturated heterocycles. The van der Waals surface area contributed by atoms with E-state index >= 15 is 0 Å². The number of methoxy groups -OCH3 is 1. The number of ketones is 1. The van der Waals surface area contributed by atoms with Crippen LogP contribution >= 0.6 is 0 Å². The van der Waals surface area contributed by atoms with Crippen LogP contribution in [0, 0.1) is 0 Å². The molecule has 0 amide bonds. The van der Waals surface area contributed by atoms with Crippen molar-refractivity contribution in [3.63, 3.8) is 0 Å². The van der Waals surface area contributed by atoms with Crippen molar-refractivity contribution in [3.8, 4) is 5.75 Å². The summed E-state index contributed by atoms with van der Waals surface area (Å²) in [5.41, 5.74) is 1.49. The number of allylic oxidation sites excluding steroid dienone is 6. The summed E-state index contributed by atoms with van der Waals surface area (Å²) in [6.07, 6.45) is 5.29. The van der Waals surface area contributed by atoms with Gasteiger partial charge in [-0.05, 0) is 61.9 Å². The van der Waals surface area contributed by atoms with E-state index in [4.69, 9.17) is 9.47 Å². The van der Waals surface area contributed by atoms with Gasteiger partial charge in [0, 0.05) is 5.56 Å². The van der Waals surface area contributed by atoms with Crippen molar-refractivity contribution in [1.29, 1.82) is 0 Å². The molecule has 0 aromatic heterocycles. The van der Waals surface area contributed by atoms with Crippen molar-refractivity contribution in [2.45, 2.75) is 13.8 Å². The zero-order valence-electron chi connectivity index (χ0n) is 11.3. The van der Waals surface area contributed by atoms with Crippen LogP contribution in [0.2, 0.25) is 0 Å². The van der Waals surface area contributed by atoms with Crippen LogP contribution in [0.25, 0.3) is 0 Å². The van der Waals surface area contributed by atoms with E-state index in [0.29, 0.717) is 5.56 Å². The maximum atomic E-state index is 12.1. The summed E-state index contributed by atoms with van der Waals surface area (Å²) < 4.78 is 10.5. The van der Waals surface area contributed by atoms with E-state index in [2.05, 4.69) is 0 Å². The Morgan fingerprint density at radius 2 is 1.68 bits per heavy atom. The Labute approximate surface area is 112 Å². The van der Waals surface area contributed by atoms with Gasteiger partial charge in [-0.3, -0.25) is 4.79 Å². The molecule has 0 fully saturated rings. The summed E-state index contributed by atoms with van der Waals surface area (Å²) >= 11 is 0. The molecule has 0 unspecified atom stereocenters. The summed E-state index contributed by atoms with van der Waals surface area (Å²) in [7, 11) is 1.60. The maximum Gasteiger partial charge on any atom is 0.186 e. The van der Waals surface area contributed by atoms with Crippen molar-refractivity contribution in [2.75, 3.05) is 7.11 Å². The van der Waals surface area contributed by atoms with Gasteiger partial charge in [0.25, 0.3) is 0 Å². The molecule has 98 valence electrons. The average Bonchev–Trinajstić information content (AvgIpc) is 2.37. The Hall–Kier alpha value is -2.29. The number of benzene rings is 1. The molecule has 0 spiro atoms. The molecule has 2 rings (SSSR count). The summed E-state index contributed by atoms with van der Waals surface area (Å²) in [6.45, 7) is 3.73. The van der Waals surface area contributed by atoms with Gasteiger partial charge in [-0.25, -0.2) is 0 Å². The molecule has 0 atom stereocenters. The van der Waals surface area contributed by atoms with Gasteiger partial charge in [0.15, 0.2) is 5.78 Å². The number of hydrogen-bond donors (Lipinski definition) is 0. The molecular formula is C16H16O3. The molecule has 3 heteroatoms. The highest BCUT2D eigenvalue weighted by Gasteiger charge is 2.07. The Kier molecular flexibility index (Phi) is 3.85. The number of ether oxygens (including phenoxy) is 2. The number of rotatable bonds is 3. The Morgan fingerprint density at radius 3 is 2.21 bits per heavy atom. The SMILES string of the molecule is COc1ccc(C(=O)C=C2C=C(C)OC(C)=C2)cc1. The normalized spacial score (nSPS) is 14.2. The van der Waals surface area contributed by atoms with Gasteiger partial charge in [-0.1, -0.05) is 0 Å². The molecule has 1 aliphatic rings. The van der Waals surface area contributed by atoms with Crippen molar-refractivity contribution in [1.82, 2.24) is 0 Å². The first-order chi connectivity index (χ1) is 9.08. The van der Waals surface area contributed by atoms with Crippen molar-refractivity contribution in [2.24, 2.45) is 0 Å². The average molecular weight is 256 g/mol. The first kappa shape index (κ1) is 13.1. The van der Waals surface area contributed by atoms with E-state index in [1.54, 1.807) is 37.5 Å². The minimum Gasteiger partial charge on any atom is -0.497 e. The molecule has 0 N–H and O–H groups in total. The molecule has 3 nitrogen and oxygen atoms in total. The molecular weight excluding hydrogens is 240 g/mol. The monoisotopic (exact) mass is 256 g/mol. The van der Waals surface area contributed by atoms with Gasteiger partial charge in [-0.2, -0.15) is 0 Å². The van der Waals surface area contributed by atoms with Crippen molar-refractivity contribution >= 4 is 5.78 Å². The third-order valence-electron chi connectivity index (χ3n) is 2.73. The maximum absolute atomic E-state index is 12.1. The van der Waals surface area contributed by atoms with Crippen LogP contribution < -0.4 is 4.74 Å². The summed E-state index contributed by atoms with van der Waals surface area (Å²) in [4.78, 5) is 12.1. The molecule has 1 aromatic carbocycles. The lowest BCUT2D eigenvalue weighted by molar-refractivity contribution is 0.104. The smallest absolute Gasteiger partial charge is 0.186 e. The van der Waals surface area contributed by atoms with Crippen LogP contribution in [-0.4, -0.2) is 12.9 Å². The number of carbonyl (C=O) groups excluding carboxylic acids is 1. The highest BCUT2D eigenvalue weighted by Crippen LogP contribution is 2.19. The summed E-state index contributed by atoms with van der Waals surface area (Å²) in [5, 5.41) is 0. The van der Waals surface area contributed by atoms with E-state index in [9.17, 15) is 4.79 Å². The van der Waals surface area contributed by atoms with E-state index < -0.39 is 0 Å². The lowest BCUT2D eigenvalue weighted by Crippen LogP contribution is -1.99. The molecule has 0 bridgehead atoms. The van der Waals surface area contributed by atoms with E-state index in [0.717, 1.165) is 22.8 Å². The van der Waals surface area contributed by atoms with Crippen LogP contribution in [0.1, 0.15) is 24.2 Å². The highest BCUT2D eigenvalue weighted by atomic mass is 16.5. The summed E-state index contributed by atoms with van der Waals surface area (Å²) in [6, 6.07) is 7.06. The third kappa shape index (κ3) is 3.35. The summed E-state index contributed by atoms with van der Waals surface area (Å²) in [5.74, 6) is 2.27. The number of carbonyl (C=O) groups is 1. The topological polar surface area (TPSA) is 35.5 Å². The van der Waals surface area contributed by atoms with Gasteiger partial charge in [0.2, 0.25) is 0 Å². The fourth-order valence-corrected chi connectivity index (χ4v) is 1.90. The molecule has 0 saturated carbocycles. The quantitative estimate of drug-likeness (QED) is 0.611. The van der Waals surface area contributed by atoms with Gasteiger partial charge < -0.3 is 9.47 Å². The zero-order chi connectivity index (χ0) is 13.8. The molecule has 19 heavy (non-hydrogen) atoms. The second-order valence-electron chi connectivity index (χ2n) is 4.35. The predicted molar refractivity (Wildman–Crippen MR) is 74.0 cm³/mol. The molecule has 1 aromatic rings. The highest BCUT2D eigenvalue weighted by molar-refractivity contribution is 6.05. The second-order valence-corrected chi connectivity index (χ2v) is 4.35. The van der Waals surface area contributed by atoms with Crippen LogP contribution in [0.15, 0.2) is 59.6 Å². The van der Waals surface area contributed by atoms with Crippen molar-refractivity contribution in [3.05, 3.63) is 65.1 Å². The first-order valence-corrected chi connectivity index (χ1v) is 6.03. The third-order valence-corrected chi connectivity index (χ3v) is 2.73. The van der Waals surface area contributed by atoms with Crippen LogP contribution in [-0.2, 0) is 4.74 Å². The second kappa shape index (κ2) is 5.57. The van der Waals surface area contributed by atoms with E-state index in [1.807, 2.05) is 26.0 Å². The van der Waals surface area contributed by atoms with Crippen LogP contribution in [0.3, 0.4) is 0 Å². The van der Waals surface area contributed by atoms with E-state index in [1.165, 1.54) is 0 Å². The Morgan fingerprint density at radius 1 is 1.11 bits per heavy atom. The zero-order valence-corrected chi connectivity index (χ0v) is 11.3. The molecule has 0 aliphatic carbocycles. The largest absolute Gasteiger partial charge is 0.497 e. The van der Waals surface area contributed by atoms with Crippen molar-refractivity contribution < 1.29 is 14.3 Å². The number of hydrogen-bond acceptors (Lipinski definition) is 3. The first-order valence-electron chi connectivity index (χ1n) is 6.03. The lowest BCUT2D eigenvalue weighted by atomic mass is 10.1. The Bertz CT molecular complexity index is 555. The molecule has 1 heterocycles.